The number of hydrogen-bond donors (Lipinski definition) is 1. The number of carbonyl (C=O) groups excluding carboxylic acids is 2. The lowest BCUT2D eigenvalue weighted by molar-refractivity contribution is 0.00756. The van der Waals surface area contributed by atoms with Crippen LogP contribution in [0.4, 0.5) is 0 Å². The standard InChI is InChI=1S/C22H20N4O3/c27-20-17-7-3-4-8-18(17)29-22(14-23-20)9-11-26(12-10-22)21(28)19-16-6-2-1-5-15(16)13-24-25-19/h1-8,13H,9-12,14H2,(H,23,27). The van der Waals surface area contributed by atoms with Gasteiger partial charge in [-0.3, -0.25) is 9.59 Å². The van der Waals surface area contributed by atoms with Crippen LogP contribution in [0.25, 0.3) is 10.8 Å². The first kappa shape index (κ1) is 17.6. The molecule has 0 aliphatic carbocycles. The molecule has 1 aromatic heterocycles. The Labute approximate surface area is 167 Å². The van der Waals surface area contributed by atoms with Gasteiger partial charge in [0, 0.05) is 36.7 Å². The van der Waals surface area contributed by atoms with Crippen LogP contribution in [0.15, 0.2) is 54.7 Å². The fraction of sp³-hybridized carbons (Fsp3) is 0.273. The van der Waals surface area contributed by atoms with Gasteiger partial charge in [0.15, 0.2) is 5.69 Å². The molecular formula is C22H20N4O3. The van der Waals surface area contributed by atoms with Gasteiger partial charge in [-0.25, -0.2) is 0 Å². The van der Waals surface area contributed by atoms with Crippen molar-refractivity contribution in [3.63, 3.8) is 0 Å². The lowest BCUT2D eigenvalue weighted by Crippen LogP contribution is -2.54. The molecule has 7 heteroatoms. The Kier molecular flexibility index (Phi) is 4.16. The quantitative estimate of drug-likeness (QED) is 0.692. The number of carbonyl (C=O) groups is 2. The molecule has 29 heavy (non-hydrogen) atoms. The molecule has 146 valence electrons. The fourth-order valence-corrected chi connectivity index (χ4v) is 4.08. The van der Waals surface area contributed by atoms with Crippen LogP contribution in [0.5, 0.6) is 5.75 Å². The smallest absolute Gasteiger partial charge is 0.275 e. The van der Waals surface area contributed by atoms with Crippen molar-refractivity contribution < 1.29 is 14.3 Å². The first-order valence-electron chi connectivity index (χ1n) is 9.71. The van der Waals surface area contributed by atoms with Gasteiger partial charge in [-0.1, -0.05) is 36.4 Å². The van der Waals surface area contributed by atoms with Crippen LogP contribution in [-0.2, 0) is 0 Å². The zero-order valence-corrected chi connectivity index (χ0v) is 15.8. The number of piperidine rings is 1. The van der Waals surface area contributed by atoms with Crippen molar-refractivity contribution in [3.8, 4) is 5.75 Å². The van der Waals surface area contributed by atoms with E-state index in [4.69, 9.17) is 4.74 Å². The monoisotopic (exact) mass is 388 g/mol. The van der Waals surface area contributed by atoms with E-state index >= 15 is 0 Å². The normalized spacial score (nSPS) is 17.9. The number of hydrogen-bond acceptors (Lipinski definition) is 5. The summed E-state index contributed by atoms with van der Waals surface area (Å²) in [5.74, 6) is 0.353. The molecule has 0 saturated carbocycles. The molecule has 0 radical (unpaired) electrons. The summed E-state index contributed by atoms with van der Waals surface area (Å²) in [6, 6.07) is 14.9. The molecule has 1 spiro atoms. The average Bonchev–Trinajstić information content (AvgIpc) is 2.90. The highest BCUT2D eigenvalue weighted by atomic mass is 16.5. The van der Waals surface area contributed by atoms with E-state index in [1.165, 1.54) is 0 Å². The van der Waals surface area contributed by atoms with Crippen LogP contribution in [0.1, 0.15) is 33.7 Å². The van der Waals surface area contributed by atoms with Crippen LogP contribution >= 0.6 is 0 Å². The number of amides is 2. The summed E-state index contributed by atoms with van der Waals surface area (Å²) in [5.41, 5.74) is 0.414. The van der Waals surface area contributed by atoms with Crippen molar-refractivity contribution in [2.24, 2.45) is 0 Å². The summed E-state index contributed by atoms with van der Waals surface area (Å²) in [6.07, 6.45) is 2.92. The van der Waals surface area contributed by atoms with Gasteiger partial charge in [0.1, 0.15) is 11.4 Å². The molecule has 1 fully saturated rings. The van der Waals surface area contributed by atoms with Crippen molar-refractivity contribution in [2.45, 2.75) is 18.4 Å². The Morgan fingerprint density at radius 3 is 2.69 bits per heavy atom. The Balaban J connectivity index is 1.36. The Morgan fingerprint density at radius 1 is 1.07 bits per heavy atom. The van der Waals surface area contributed by atoms with Crippen LogP contribution < -0.4 is 10.1 Å². The van der Waals surface area contributed by atoms with E-state index in [-0.39, 0.29) is 11.8 Å². The molecule has 2 aliphatic heterocycles. The summed E-state index contributed by atoms with van der Waals surface area (Å²) < 4.78 is 6.31. The number of ether oxygens (including phenoxy) is 1. The number of rotatable bonds is 1. The summed E-state index contributed by atoms with van der Waals surface area (Å²) in [7, 11) is 0. The Bertz CT molecular complexity index is 1100. The van der Waals surface area contributed by atoms with E-state index in [1.54, 1.807) is 17.2 Å². The molecule has 3 aromatic rings. The fourth-order valence-electron chi connectivity index (χ4n) is 4.08. The van der Waals surface area contributed by atoms with Gasteiger partial charge >= 0.3 is 0 Å². The second-order valence-corrected chi connectivity index (χ2v) is 7.54. The van der Waals surface area contributed by atoms with Gasteiger partial charge < -0.3 is 15.0 Å². The third-order valence-electron chi connectivity index (χ3n) is 5.76. The maximum atomic E-state index is 13.1. The third-order valence-corrected chi connectivity index (χ3v) is 5.76. The number of para-hydroxylation sites is 1. The van der Waals surface area contributed by atoms with Gasteiger partial charge in [-0.15, -0.1) is 5.10 Å². The largest absolute Gasteiger partial charge is 0.484 e. The number of likely N-dealkylation sites (tertiary alicyclic amines) is 1. The number of aromatic nitrogens is 2. The highest BCUT2D eigenvalue weighted by Gasteiger charge is 2.41. The zero-order chi connectivity index (χ0) is 19.8. The second kappa shape index (κ2) is 6.84. The van der Waals surface area contributed by atoms with Crippen molar-refractivity contribution in [3.05, 3.63) is 66.0 Å². The van der Waals surface area contributed by atoms with Crippen molar-refractivity contribution in [1.29, 1.82) is 0 Å². The number of nitrogens with zero attached hydrogens (tertiary/aromatic N) is 3. The van der Waals surface area contributed by atoms with E-state index in [9.17, 15) is 9.59 Å². The van der Waals surface area contributed by atoms with Gasteiger partial charge in [0.2, 0.25) is 0 Å². The summed E-state index contributed by atoms with van der Waals surface area (Å²) in [6.45, 7) is 1.49. The average molecular weight is 388 g/mol. The first-order valence-corrected chi connectivity index (χ1v) is 9.71. The minimum atomic E-state index is -0.510. The lowest BCUT2D eigenvalue weighted by Gasteiger charge is -2.41. The molecular weight excluding hydrogens is 368 g/mol. The maximum Gasteiger partial charge on any atom is 0.275 e. The first-order chi connectivity index (χ1) is 14.2. The molecule has 0 unspecified atom stereocenters. The summed E-state index contributed by atoms with van der Waals surface area (Å²) in [5, 5.41) is 12.8. The summed E-state index contributed by atoms with van der Waals surface area (Å²) >= 11 is 0. The van der Waals surface area contributed by atoms with Gasteiger partial charge in [-0.2, -0.15) is 5.10 Å². The zero-order valence-electron chi connectivity index (χ0n) is 15.8. The maximum absolute atomic E-state index is 13.1. The van der Waals surface area contributed by atoms with Crippen molar-refractivity contribution in [1.82, 2.24) is 20.4 Å². The minimum Gasteiger partial charge on any atom is -0.484 e. The molecule has 0 bridgehead atoms. The molecule has 3 heterocycles. The van der Waals surface area contributed by atoms with Crippen LogP contribution in [-0.4, -0.2) is 52.1 Å². The number of fused-ring (bicyclic) bond motifs is 2. The predicted molar refractivity (Wildman–Crippen MR) is 107 cm³/mol. The minimum absolute atomic E-state index is 0.123. The Hall–Kier alpha value is -3.48. The Morgan fingerprint density at radius 2 is 1.83 bits per heavy atom. The van der Waals surface area contributed by atoms with Gasteiger partial charge in [0.25, 0.3) is 11.8 Å². The topological polar surface area (TPSA) is 84.4 Å². The van der Waals surface area contributed by atoms with Crippen LogP contribution in [0, 0.1) is 0 Å². The molecule has 0 atom stereocenters. The molecule has 7 nitrogen and oxygen atoms in total. The molecule has 2 amide bonds. The molecule has 5 rings (SSSR count). The second-order valence-electron chi connectivity index (χ2n) is 7.54. The van der Waals surface area contributed by atoms with E-state index in [0.717, 1.165) is 10.8 Å². The van der Waals surface area contributed by atoms with Gasteiger partial charge in [0.05, 0.1) is 18.3 Å². The van der Waals surface area contributed by atoms with E-state index in [1.807, 2.05) is 42.5 Å². The van der Waals surface area contributed by atoms with E-state index < -0.39 is 5.60 Å². The molecule has 1 saturated heterocycles. The van der Waals surface area contributed by atoms with E-state index in [2.05, 4.69) is 15.5 Å². The highest BCUT2D eigenvalue weighted by molar-refractivity contribution is 6.04. The lowest BCUT2D eigenvalue weighted by atomic mass is 9.90. The summed E-state index contributed by atoms with van der Waals surface area (Å²) in [4.78, 5) is 27.3. The number of benzene rings is 2. The molecule has 2 aliphatic rings. The third kappa shape index (κ3) is 3.08. The molecule has 2 aromatic carbocycles. The van der Waals surface area contributed by atoms with Crippen molar-refractivity contribution >= 4 is 22.6 Å². The SMILES string of the molecule is O=C1NCC2(CCN(C(=O)c3nncc4ccccc34)CC2)Oc2ccccc21. The van der Waals surface area contributed by atoms with E-state index in [0.29, 0.717) is 49.5 Å². The predicted octanol–water partition coefficient (Wildman–Crippen LogP) is 2.43. The highest BCUT2D eigenvalue weighted by Crippen LogP contribution is 2.33. The van der Waals surface area contributed by atoms with Crippen molar-refractivity contribution in [2.75, 3.05) is 19.6 Å². The van der Waals surface area contributed by atoms with Crippen LogP contribution in [0.2, 0.25) is 0 Å². The van der Waals surface area contributed by atoms with Crippen LogP contribution in [0.3, 0.4) is 0 Å². The molecule has 1 N–H and O–H groups in total. The number of nitrogens with one attached hydrogen (secondary N) is 1. The van der Waals surface area contributed by atoms with Gasteiger partial charge in [-0.05, 0) is 12.1 Å².